The highest BCUT2D eigenvalue weighted by Crippen LogP contribution is 2.21. The zero-order chi connectivity index (χ0) is 15.9. The number of alkyl halides is 3. The summed E-state index contributed by atoms with van der Waals surface area (Å²) in [5.41, 5.74) is 1.52. The van der Waals surface area contributed by atoms with Crippen molar-refractivity contribution in [2.24, 2.45) is 0 Å². The number of halogens is 3. The largest absolute Gasteiger partial charge is 0.389 e. The summed E-state index contributed by atoms with van der Waals surface area (Å²) in [7, 11) is 1.47. The highest BCUT2D eigenvalue weighted by Gasteiger charge is 2.28. The number of nitrogens with zero attached hydrogens (tertiary/aromatic N) is 1. The number of aliphatic hydroxyl groups is 1. The van der Waals surface area contributed by atoms with Gasteiger partial charge >= 0.3 is 6.18 Å². The number of hydrogen-bond acceptors (Lipinski definition) is 2. The lowest BCUT2D eigenvalue weighted by molar-refractivity contribution is -0.148. The molecule has 114 valence electrons. The van der Waals surface area contributed by atoms with E-state index in [9.17, 15) is 18.0 Å². The Balaban J connectivity index is 2.54. The predicted molar refractivity (Wildman–Crippen MR) is 72.2 cm³/mol. The van der Waals surface area contributed by atoms with Crippen molar-refractivity contribution < 1.29 is 23.1 Å². The van der Waals surface area contributed by atoms with Gasteiger partial charge < -0.3 is 10.0 Å². The molecule has 1 aromatic rings. The topological polar surface area (TPSA) is 40.5 Å². The number of benzene rings is 1. The van der Waals surface area contributed by atoms with Crippen LogP contribution in [0.25, 0.3) is 0 Å². The van der Waals surface area contributed by atoms with E-state index >= 15 is 0 Å². The summed E-state index contributed by atoms with van der Waals surface area (Å²) in [5, 5.41) is 8.57. The number of rotatable bonds is 4. The first-order valence-electron chi connectivity index (χ1n) is 6.31. The second-order valence-corrected chi connectivity index (χ2v) is 4.52. The van der Waals surface area contributed by atoms with Crippen LogP contribution in [0.2, 0.25) is 0 Å². The van der Waals surface area contributed by atoms with Gasteiger partial charge in [0.15, 0.2) is 0 Å². The molecule has 0 spiro atoms. The van der Waals surface area contributed by atoms with E-state index in [-0.39, 0.29) is 13.2 Å². The van der Waals surface area contributed by atoms with E-state index in [2.05, 4.69) is 11.8 Å². The third-order valence-corrected chi connectivity index (χ3v) is 2.73. The molecule has 21 heavy (non-hydrogen) atoms. The predicted octanol–water partition coefficient (Wildman–Crippen LogP) is 2.33. The number of aliphatic hydroxyl groups excluding tert-OH is 1. The third-order valence-electron chi connectivity index (χ3n) is 2.73. The normalized spacial score (nSPS) is 10.7. The van der Waals surface area contributed by atoms with Gasteiger partial charge in [0.25, 0.3) is 0 Å². The highest BCUT2D eigenvalue weighted by molar-refractivity contribution is 5.75. The van der Waals surface area contributed by atoms with Gasteiger partial charge in [-0.2, -0.15) is 13.2 Å². The van der Waals surface area contributed by atoms with Crippen molar-refractivity contribution in [3.8, 4) is 11.8 Å². The van der Waals surface area contributed by atoms with Crippen LogP contribution in [0.1, 0.15) is 24.0 Å². The van der Waals surface area contributed by atoms with Crippen LogP contribution < -0.4 is 0 Å². The van der Waals surface area contributed by atoms with Gasteiger partial charge in [-0.05, 0) is 17.7 Å². The smallest absolute Gasteiger partial charge is 0.384 e. The number of hydrogen-bond donors (Lipinski definition) is 1. The molecule has 0 atom stereocenters. The van der Waals surface area contributed by atoms with Crippen LogP contribution in [-0.4, -0.2) is 35.7 Å². The molecule has 0 bridgehead atoms. The lowest BCUT2D eigenvalue weighted by Crippen LogP contribution is -2.27. The molecule has 0 aliphatic carbocycles. The first-order valence-corrected chi connectivity index (χ1v) is 6.31. The zero-order valence-electron chi connectivity index (χ0n) is 11.6. The number of carbonyl (C=O) groups excluding carboxylic acids is 1. The number of carbonyl (C=O) groups is 1. The van der Waals surface area contributed by atoms with Gasteiger partial charge in [0, 0.05) is 25.6 Å². The minimum Gasteiger partial charge on any atom is -0.384 e. The SMILES string of the molecule is CN(Cc1ccc(C#CCO)cc1)C(=O)CCC(F)(F)F. The molecular formula is C15H16F3NO2. The second kappa shape index (κ2) is 7.70. The van der Waals surface area contributed by atoms with Crippen LogP contribution in [0.5, 0.6) is 0 Å². The molecule has 0 unspecified atom stereocenters. The summed E-state index contributed by atoms with van der Waals surface area (Å²) in [4.78, 5) is 12.8. The van der Waals surface area contributed by atoms with Crippen molar-refractivity contribution in [3.63, 3.8) is 0 Å². The molecule has 0 heterocycles. The highest BCUT2D eigenvalue weighted by atomic mass is 19.4. The fourth-order valence-electron chi connectivity index (χ4n) is 1.64. The van der Waals surface area contributed by atoms with Gasteiger partial charge in [-0.1, -0.05) is 24.0 Å². The fraction of sp³-hybridized carbons (Fsp3) is 0.400. The van der Waals surface area contributed by atoms with E-state index in [0.717, 1.165) is 11.1 Å². The molecule has 0 fully saturated rings. The fourth-order valence-corrected chi connectivity index (χ4v) is 1.64. The summed E-state index contributed by atoms with van der Waals surface area (Å²) in [6.07, 6.45) is -5.96. The van der Waals surface area contributed by atoms with Crippen LogP contribution in [0.15, 0.2) is 24.3 Å². The van der Waals surface area contributed by atoms with Crippen LogP contribution in [0.4, 0.5) is 13.2 Å². The Labute approximate surface area is 121 Å². The summed E-state index contributed by atoms with van der Waals surface area (Å²) in [6, 6.07) is 6.95. The van der Waals surface area contributed by atoms with Gasteiger partial charge in [0.1, 0.15) is 6.61 Å². The average molecular weight is 299 g/mol. The Morgan fingerprint density at radius 2 is 1.90 bits per heavy atom. The molecule has 0 aliphatic heterocycles. The minimum absolute atomic E-state index is 0.224. The first kappa shape index (κ1) is 17.1. The standard InChI is InChI=1S/C15H16F3NO2/c1-19(14(21)8-9-15(16,17)18)11-13-6-4-12(5-7-13)3-2-10-20/h4-7,20H,8-11H2,1H3. The molecule has 3 nitrogen and oxygen atoms in total. The molecule has 1 aromatic carbocycles. The van der Waals surface area contributed by atoms with Crippen molar-refractivity contribution in [2.75, 3.05) is 13.7 Å². The Hall–Kier alpha value is -2.00. The third kappa shape index (κ3) is 6.82. The van der Waals surface area contributed by atoms with Gasteiger partial charge in [-0.3, -0.25) is 4.79 Å². The van der Waals surface area contributed by atoms with E-state index in [1.54, 1.807) is 24.3 Å². The molecule has 1 rings (SSSR count). The molecule has 0 saturated heterocycles. The molecular weight excluding hydrogens is 283 g/mol. The molecule has 6 heteroatoms. The van der Waals surface area contributed by atoms with E-state index < -0.39 is 24.9 Å². The van der Waals surface area contributed by atoms with Crippen molar-refractivity contribution in [2.45, 2.75) is 25.6 Å². The van der Waals surface area contributed by atoms with Gasteiger partial charge in [-0.15, -0.1) is 0 Å². The maximum Gasteiger partial charge on any atom is 0.389 e. The summed E-state index contributed by atoms with van der Waals surface area (Å²) in [5.74, 6) is 4.69. The van der Waals surface area contributed by atoms with E-state index in [4.69, 9.17) is 5.11 Å². The summed E-state index contributed by atoms with van der Waals surface area (Å²) < 4.78 is 36.2. The monoisotopic (exact) mass is 299 g/mol. The van der Waals surface area contributed by atoms with Crippen LogP contribution in [-0.2, 0) is 11.3 Å². The Morgan fingerprint density at radius 1 is 1.29 bits per heavy atom. The van der Waals surface area contributed by atoms with E-state index in [1.807, 2.05) is 0 Å². The molecule has 0 radical (unpaired) electrons. The second-order valence-electron chi connectivity index (χ2n) is 4.52. The summed E-state index contributed by atoms with van der Waals surface area (Å²) >= 11 is 0. The number of amides is 1. The maximum atomic E-state index is 12.1. The van der Waals surface area contributed by atoms with E-state index in [0.29, 0.717) is 0 Å². The zero-order valence-corrected chi connectivity index (χ0v) is 11.6. The Morgan fingerprint density at radius 3 is 2.43 bits per heavy atom. The van der Waals surface area contributed by atoms with Gasteiger partial charge in [-0.25, -0.2) is 0 Å². The quantitative estimate of drug-likeness (QED) is 0.867. The summed E-state index contributed by atoms with van der Waals surface area (Å²) in [6.45, 7) is 0.0165. The molecule has 0 aliphatic rings. The molecule has 0 saturated carbocycles. The lowest BCUT2D eigenvalue weighted by atomic mass is 10.1. The lowest BCUT2D eigenvalue weighted by Gasteiger charge is -2.17. The van der Waals surface area contributed by atoms with Gasteiger partial charge in [0.2, 0.25) is 5.91 Å². The molecule has 1 N–H and O–H groups in total. The van der Waals surface area contributed by atoms with Crippen molar-refractivity contribution in [1.29, 1.82) is 0 Å². The van der Waals surface area contributed by atoms with Crippen LogP contribution in [0, 0.1) is 11.8 Å². The van der Waals surface area contributed by atoms with Crippen molar-refractivity contribution >= 4 is 5.91 Å². The van der Waals surface area contributed by atoms with Gasteiger partial charge in [0.05, 0.1) is 6.42 Å². The van der Waals surface area contributed by atoms with Crippen molar-refractivity contribution in [1.82, 2.24) is 4.90 Å². The molecule has 1 amide bonds. The maximum absolute atomic E-state index is 12.1. The van der Waals surface area contributed by atoms with Crippen LogP contribution in [0.3, 0.4) is 0 Å². The van der Waals surface area contributed by atoms with Crippen LogP contribution >= 0.6 is 0 Å². The van der Waals surface area contributed by atoms with E-state index in [1.165, 1.54) is 11.9 Å². The average Bonchev–Trinajstić information content (AvgIpc) is 2.43. The van der Waals surface area contributed by atoms with Crippen molar-refractivity contribution in [3.05, 3.63) is 35.4 Å². The molecule has 0 aromatic heterocycles. The minimum atomic E-state index is -4.32. The Bertz CT molecular complexity index is 527. The first-order chi connectivity index (χ1) is 9.81. The Kier molecular flexibility index (Phi) is 6.25.